The number of nitrogens with two attached hydrogens (primary N) is 1. The summed E-state index contributed by atoms with van der Waals surface area (Å²) in [5.74, 6) is -0.495. The number of carbonyl (C=O) groups excluding carboxylic acids is 2. The molecule has 2 aliphatic rings. The number of hydrogen-bond acceptors (Lipinski definition) is 7. The van der Waals surface area contributed by atoms with Gasteiger partial charge in [-0.15, -0.1) is 0 Å². The van der Waals surface area contributed by atoms with E-state index in [1.807, 2.05) is 4.90 Å². The van der Waals surface area contributed by atoms with E-state index in [9.17, 15) is 22.8 Å². The van der Waals surface area contributed by atoms with Crippen molar-refractivity contribution in [2.45, 2.75) is 38.1 Å². The molecule has 0 unspecified atom stereocenters. The average Bonchev–Trinajstić information content (AvgIpc) is 3.56. The second-order valence-electron chi connectivity index (χ2n) is 9.36. The van der Waals surface area contributed by atoms with Crippen molar-refractivity contribution in [3.05, 3.63) is 65.4 Å². The largest absolute Gasteiger partial charge is 0.464 e. The van der Waals surface area contributed by atoms with Crippen molar-refractivity contribution in [3.8, 4) is 28.8 Å². The predicted molar refractivity (Wildman–Crippen MR) is 134 cm³/mol. The van der Waals surface area contributed by atoms with Gasteiger partial charge >= 0.3 is 6.18 Å². The maximum Gasteiger partial charge on any atom is 0.416 e. The summed E-state index contributed by atoms with van der Waals surface area (Å²) in [7, 11) is 0. The van der Waals surface area contributed by atoms with Gasteiger partial charge in [-0.25, -0.2) is 4.98 Å². The van der Waals surface area contributed by atoms with Crippen molar-refractivity contribution in [1.29, 1.82) is 0 Å². The van der Waals surface area contributed by atoms with Crippen molar-refractivity contribution < 1.29 is 32.2 Å². The fourth-order valence-corrected chi connectivity index (χ4v) is 4.62. The molecule has 9 nitrogen and oxygen atoms in total. The normalized spacial score (nSPS) is 17.7. The third-order valence-corrected chi connectivity index (χ3v) is 6.58. The summed E-state index contributed by atoms with van der Waals surface area (Å²) in [6.45, 7) is 2.08. The molecule has 2 aromatic carbocycles. The second kappa shape index (κ2) is 10.9. The summed E-state index contributed by atoms with van der Waals surface area (Å²) >= 11 is 0. The molecule has 1 aromatic heterocycles. The molecule has 3 aromatic rings. The number of halogens is 3. The number of ether oxygens (including phenoxy) is 2. The number of rotatable bonds is 8. The highest BCUT2D eigenvalue weighted by Crippen LogP contribution is 2.39. The van der Waals surface area contributed by atoms with Crippen LogP contribution in [0.1, 0.15) is 40.9 Å². The molecule has 204 valence electrons. The first-order valence-electron chi connectivity index (χ1n) is 12.5. The van der Waals surface area contributed by atoms with Crippen LogP contribution >= 0.6 is 0 Å². The van der Waals surface area contributed by atoms with E-state index in [-0.39, 0.29) is 41.2 Å². The Kier molecular flexibility index (Phi) is 7.38. The summed E-state index contributed by atoms with van der Waals surface area (Å²) in [5.41, 5.74) is 5.18. The van der Waals surface area contributed by atoms with Crippen LogP contribution in [0.5, 0.6) is 17.4 Å². The third kappa shape index (κ3) is 6.11. The predicted octanol–water partition coefficient (Wildman–Crippen LogP) is 3.92. The van der Waals surface area contributed by atoms with Crippen molar-refractivity contribution in [1.82, 2.24) is 20.2 Å². The molecular formula is C27H26F3N5O4. The van der Waals surface area contributed by atoms with Crippen LogP contribution in [0.15, 0.2) is 48.5 Å². The van der Waals surface area contributed by atoms with E-state index in [2.05, 4.69) is 15.3 Å². The van der Waals surface area contributed by atoms with Gasteiger partial charge in [0.05, 0.1) is 5.56 Å². The summed E-state index contributed by atoms with van der Waals surface area (Å²) in [6.07, 6.45) is -2.91. The number of alkyl halides is 3. The molecule has 0 aliphatic carbocycles. The van der Waals surface area contributed by atoms with Gasteiger partial charge in [0, 0.05) is 36.7 Å². The van der Waals surface area contributed by atoms with E-state index >= 15 is 0 Å². The first kappa shape index (κ1) is 26.4. The smallest absolute Gasteiger partial charge is 0.416 e. The highest BCUT2D eigenvalue weighted by molar-refractivity contribution is 5.91. The monoisotopic (exact) mass is 541 g/mol. The molecule has 3 N–H and O–H groups in total. The molecule has 12 heteroatoms. The van der Waals surface area contributed by atoms with E-state index in [0.717, 1.165) is 32.0 Å². The lowest BCUT2D eigenvalue weighted by molar-refractivity contribution is -0.138. The second-order valence-corrected chi connectivity index (χ2v) is 9.36. The van der Waals surface area contributed by atoms with Gasteiger partial charge in [0.1, 0.15) is 17.2 Å². The van der Waals surface area contributed by atoms with Gasteiger partial charge in [-0.05, 0) is 62.3 Å². The zero-order valence-corrected chi connectivity index (χ0v) is 20.8. The highest BCUT2D eigenvalue weighted by Gasteiger charge is 2.35. The lowest BCUT2D eigenvalue weighted by atomic mass is 10.0. The minimum atomic E-state index is -4.51. The summed E-state index contributed by atoms with van der Waals surface area (Å²) < 4.78 is 53.0. The zero-order chi connectivity index (χ0) is 27.6. The number of primary amides is 1. The van der Waals surface area contributed by atoms with E-state index < -0.39 is 23.8 Å². The van der Waals surface area contributed by atoms with Crippen LogP contribution in [0.4, 0.5) is 13.2 Å². The molecule has 2 aliphatic heterocycles. The molecular weight excluding hydrogens is 515 g/mol. The topological polar surface area (TPSA) is 120 Å². The van der Waals surface area contributed by atoms with Crippen molar-refractivity contribution in [3.63, 3.8) is 0 Å². The fourth-order valence-electron chi connectivity index (χ4n) is 4.62. The quantitative estimate of drug-likeness (QED) is 0.444. The molecule has 0 bridgehead atoms. The van der Waals surface area contributed by atoms with Gasteiger partial charge in [-0.3, -0.25) is 14.5 Å². The number of benzene rings is 2. The zero-order valence-electron chi connectivity index (χ0n) is 20.8. The first-order valence-corrected chi connectivity index (χ1v) is 12.5. The van der Waals surface area contributed by atoms with Gasteiger partial charge in [-0.2, -0.15) is 18.2 Å². The van der Waals surface area contributed by atoms with Crippen molar-refractivity contribution >= 4 is 11.8 Å². The molecule has 2 amide bonds. The molecule has 0 spiro atoms. The van der Waals surface area contributed by atoms with Gasteiger partial charge in [0.25, 0.3) is 11.8 Å². The van der Waals surface area contributed by atoms with Crippen LogP contribution in [0.3, 0.4) is 0 Å². The Morgan fingerprint density at radius 1 is 1.10 bits per heavy atom. The molecule has 3 heterocycles. The van der Waals surface area contributed by atoms with Crippen LogP contribution in [0, 0.1) is 0 Å². The maximum absolute atomic E-state index is 13.8. The third-order valence-electron chi connectivity index (χ3n) is 6.58. The maximum atomic E-state index is 13.8. The molecule has 0 saturated carbocycles. The number of carbonyl (C=O) groups is 2. The minimum Gasteiger partial charge on any atom is -0.464 e. The van der Waals surface area contributed by atoms with Crippen LogP contribution in [0.2, 0.25) is 0 Å². The van der Waals surface area contributed by atoms with Gasteiger partial charge < -0.3 is 20.5 Å². The standard InChI is InChI=1S/C27H26F3N5O4/c28-27(29,30)19-4-3-5-21(18(19)15-35-12-1-2-13-35)38-17-8-6-16(7-9-17)25-33-20(24(31)36)14-23(34-25)39-22-10-11-32-26(22)37/h3-9,14,22H,1-2,10-13,15H2,(H2,31,36)(H,32,37)/t22-/m0/s1. The average molecular weight is 542 g/mol. The van der Waals surface area contributed by atoms with Crippen molar-refractivity contribution in [2.75, 3.05) is 19.6 Å². The number of aromatic nitrogens is 2. The highest BCUT2D eigenvalue weighted by atomic mass is 19.4. The lowest BCUT2D eigenvalue weighted by Crippen LogP contribution is -2.28. The number of nitrogens with zero attached hydrogens (tertiary/aromatic N) is 3. The molecule has 5 rings (SSSR count). The number of nitrogens with one attached hydrogen (secondary N) is 1. The lowest BCUT2D eigenvalue weighted by Gasteiger charge is -2.22. The van der Waals surface area contributed by atoms with E-state index in [1.165, 1.54) is 18.2 Å². The van der Waals surface area contributed by atoms with Gasteiger partial charge in [0.15, 0.2) is 11.9 Å². The van der Waals surface area contributed by atoms with Crippen LogP contribution < -0.4 is 20.5 Å². The van der Waals surface area contributed by atoms with Gasteiger partial charge in [-0.1, -0.05) is 6.07 Å². The Balaban J connectivity index is 1.41. The first-order chi connectivity index (χ1) is 18.7. The summed E-state index contributed by atoms with van der Waals surface area (Å²) in [4.78, 5) is 34.2. The summed E-state index contributed by atoms with van der Waals surface area (Å²) in [5, 5.41) is 2.66. The number of hydrogen-bond donors (Lipinski definition) is 2. The van der Waals surface area contributed by atoms with Crippen LogP contribution in [-0.2, 0) is 17.5 Å². The SMILES string of the molecule is NC(=O)c1cc(O[C@H]2CCNC2=O)nc(-c2ccc(Oc3cccc(C(F)(F)F)c3CN3CCCC3)cc2)n1. The van der Waals surface area contributed by atoms with E-state index in [0.29, 0.717) is 24.3 Å². The Hall–Kier alpha value is -4.19. The minimum absolute atomic E-state index is 0.0201. The molecule has 0 radical (unpaired) electrons. The van der Waals surface area contributed by atoms with Crippen LogP contribution in [-0.4, -0.2) is 52.4 Å². The molecule has 1 atom stereocenters. The van der Waals surface area contributed by atoms with E-state index in [4.69, 9.17) is 15.2 Å². The van der Waals surface area contributed by atoms with E-state index in [1.54, 1.807) is 24.3 Å². The molecule has 2 fully saturated rings. The number of amides is 2. The Bertz CT molecular complexity index is 1370. The Morgan fingerprint density at radius 2 is 1.85 bits per heavy atom. The van der Waals surface area contributed by atoms with Gasteiger partial charge in [0.2, 0.25) is 5.88 Å². The summed E-state index contributed by atoms with van der Waals surface area (Å²) in [6, 6.07) is 11.5. The Morgan fingerprint density at radius 3 is 2.49 bits per heavy atom. The van der Waals surface area contributed by atoms with Crippen molar-refractivity contribution in [2.24, 2.45) is 5.73 Å². The fraction of sp³-hybridized carbons (Fsp3) is 0.333. The van der Waals surface area contributed by atoms with Crippen LogP contribution in [0.25, 0.3) is 11.4 Å². The molecule has 2 saturated heterocycles. The molecule has 39 heavy (non-hydrogen) atoms. The Labute approximate surface area is 222 Å². The number of likely N-dealkylation sites (tertiary alicyclic amines) is 1.